The maximum absolute atomic E-state index is 12.5. The van der Waals surface area contributed by atoms with E-state index in [2.05, 4.69) is 4.98 Å². The van der Waals surface area contributed by atoms with Crippen LogP contribution < -0.4 is 15.0 Å². The summed E-state index contributed by atoms with van der Waals surface area (Å²) in [5, 5.41) is 1.85. The van der Waals surface area contributed by atoms with Gasteiger partial charge in [0.2, 0.25) is 0 Å². The molecule has 0 unspecified atom stereocenters. The highest BCUT2D eigenvalue weighted by Gasteiger charge is 2.14. The molecule has 4 rings (SSSR count). The second-order valence-corrected chi connectivity index (χ2v) is 7.63. The van der Waals surface area contributed by atoms with E-state index in [1.54, 1.807) is 18.2 Å². The summed E-state index contributed by atoms with van der Waals surface area (Å²) in [6.07, 6.45) is 0. The number of thiazole rings is 1. The van der Waals surface area contributed by atoms with Crippen molar-refractivity contribution in [2.75, 3.05) is 7.11 Å². The second-order valence-electron chi connectivity index (χ2n) is 6.80. The third-order valence-corrected chi connectivity index (χ3v) is 5.56. The Kier molecular flexibility index (Phi) is 5.99. The third kappa shape index (κ3) is 4.59. The first kappa shape index (κ1) is 20.6. The lowest BCUT2D eigenvalue weighted by molar-refractivity contribution is 0.0467. The molecule has 2 aromatic carbocycles. The molecule has 0 fully saturated rings. The molecule has 0 bridgehead atoms. The van der Waals surface area contributed by atoms with Crippen LogP contribution in [0.15, 0.2) is 64.8 Å². The van der Waals surface area contributed by atoms with Crippen molar-refractivity contribution < 1.29 is 19.0 Å². The average Bonchev–Trinajstić information content (AvgIpc) is 3.17. The minimum absolute atomic E-state index is 0.101. The van der Waals surface area contributed by atoms with Gasteiger partial charge in [-0.3, -0.25) is 9.20 Å². The fourth-order valence-corrected chi connectivity index (χ4v) is 3.94. The van der Waals surface area contributed by atoms with E-state index in [9.17, 15) is 9.59 Å². The molecule has 0 atom stereocenters. The molecule has 31 heavy (non-hydrogen) atoms. The minimum atomic E-state index is -0.544. The lowest BCUT2D eigenvalue weighted by atomic mass is 10.2. The van der Waals surface area contributed by atoms with Crippen LogP contribution in [0.2, 0.25) is 0 Å². The molecule has 4 aromatic rings. The number of hydrogen-bond donors (Lipinski definition) is 0. The molecule has 0 N–H and O–H groups in total. The van der Waals surface area contributed by atoms with Gasteiger partial charge in [0.05, 0.1) is 18.4 Å². The van der Waals surface area contributed by atoms with Crippen LogP contribution in [0.25, 0.3) is 4.96 Å². The van der Waals surface area contributed by atoms with Crippen LogP contribution in [0.1, 0.15) is 27.3 Å². The number of aromatic nitrogens is 2. The van der Waals surface area contributed by atoms with Crippen molar-refractivity contribution in [3.63, 3.8) is 0 Å². The summed E-state index contributed by atoms with van der Waals surface area (Å²) >= 11 is 1.36. The fraction of sp³-hybridized carbons (Fsp3) is 0.174. The number of methoxy groups -OCH3 is 1. The zero-order valence-corrected chi connectivity index (χ0v) is 17.8. The summed E-state index contributed by atoms with van der Waals surface area (Å²) in [6, 6.07) is 16.0. The van der Waals surface area contributed by atoms with Gasteiger partial charge in [-0.1, -0.05) is 30.3 Å². The number of benzene rings is 2. The Labute approximate surface area is 182 Å². The van der Waals surface area contributed by atoms with Crippen molar-refractivity contribution in [1.82, 2.24) is 9.38 Å². The summed E-state index contributed by atoms with van der Waals surface area (Å²) < 4.78 is 18.1. The van der Waals surface area contributed by atoms with Gasteiger partial charge in [0.25, 0.3) is 5.56 Å². The number of carbonyl (C=O) groups excluding carboxylic acids is 1. The van der Waals surface area contributed by atoms with Crippen molar-refractivity contribution in [3.05, 3.63) is 92.8 Å². The van der Waals surface area contributed by atoms with Gasteiger partial charge in [0, 0.05) is 17.1 Å². The van der Waals surface area contributed by atoms with Crippen LogP contribution in [0, 0.1) is 6.92 Å². The Morgan fingerprint density at radius 2 is 1.87 bits per heavy atom. The van der Waals surface area contributed by atoms with Gasteiger partial charge in [0.15, 0.2) is 16.5 Å². The van der Waals surface area contributed by atoms with Crippen LogP contribution in [0.4, 0.5) is 0 Å². The third-order valence-electron chi connectivity index (χ3n) is 4.62. The summed E-state index contributed by atoms with van der Waals surface area (Å²) in [5.41, 5.74) is 2.36. The maximum Gasteiger partial charge on any atom is 0.338 e. The van der Waals surface area contributed by atoms with E-state index in [-0.39, 0.29) is 12.2 Å². The first-order valence-corrected chi connectivity index (χ1v) is 10.4. The minimum Gasteiger partial charge on any atom is -0.493 e. The molecule has 7 nitrogen and oxygen atoms in total. The van der Waals surface area contributed by atoms with Gasteiger partial charge in [-0.15, -0.1) is 11.3 Å². The van der Waals surface area contributed by atoms with Crippen LogP contribution in [-0.2, 0) is 18.0 Å². The Morgan fingerprint density at radius 1 is 1.06 bits per heavy atom. The number of nitrogens with zero attached hydrogens (tertiary/aromatic N) is 2. The lowest BCUT2D eigenvalue weighted by Gasteiger charge is -2.12. The molecule has 0 radical (unpaired) electrons. The van der Waals surface area contributed by atoms with E-state index in [1.807, 2.05) is 42.6 Å². The highest BCUT2D eigenvalue weighted by atomic mass is 32.1. The molecule has 0 saturated heterocycles. The molecule has 0 aliphatic heterocycles. The quantitative estimate of drug-likeness (QED) is 0.407. The Morgan fingerprint density at radius 3 is 2.65 bits per heavy atom. The lowest BCUT2D eigenvalue weighted by Crippen LogP contribution is -2.16. The van der Waals surface area contributed by atoms with E-state index < -0.39 is 5.97 Å². The number of hydrogen-bond acceptors (Lipinski definition) is 7. The zero-order valence-electron chi connectivity index (χ0n) is 17.0. The average molecular weight is 436 g/mol. The predicted octanol–water partition coefficient (Wildman–Crippen LogP) is 4.01. The molecule has 0 saturated carbocycles. The number of esters is 1. The highest BCUT2D eigenvalue weighted by molar-refractivity contribution is 7.15. The molecule has 0 spiro atoms. The largest absolute Gasteiger partial charge is 0.493 e. The highest BCUT2D eigenvalue weighted by Crippen LogP contribution is 2.29. The van der Waals surface area contributed by atoms with Crippen molar-refractivity contribution in [3.8, 4) is 11.5 Å². The first-order chi connectivity index (χ1) is 15.0. The Hall–Kier alpha value is -3.65. The summed E-state index contributed by atoms with van der Waals surface area (Å²) in [7, 11) is 1.51. The molecule has 8 heteroatoms. The van der Waals surface area contributed by atoms with Gasteiger partial charge in [-0.05, 0) is 30.7 Å². The summed E-state index contributed by atoms with van der Waals surface area (Å²) in [4.78, 5) is 29.7. The number of carbonyl (C=O) groups is 1. The van der Waals surface area contributed by atoms with Gasteiger partial charge in [0.1, 0.15) is 13.2 Å². The Balaban J connectivity index is 1.44. The van der Waals surface area contributed by atoms with Gasteiger partial charge < -0.3 is 14.2 Å². The molecule has 2 heterocycles. The van der Waals surface area contributed by atoms with E-state index in [1.165, 1.54) is 28.9 Å². The topological polar surface area (TPSA) is 79.1 Å². The van der Waals surface area contributed by atoms with E-state index in [0.29, 0.717) is 34.3 Å². The first-order valence-electron chi connectivity index (χ1n) is 9.54. The normalized spacial score (nSPS) is 10.8. The molecule has 158 valence electrons. The maximum atomic E-state index is 12.5. The van der Waals surface area contributed by atoms with E-state index in [4.69, 9.17) is 14.2 Å². The molecule has 0 aliphatic carbocycles. The SMILES string of the molecule is COc1cc(C(=O)OCc2cc(=O)n3c(C)csc3n2)ccc1OCc1ccccc1. The molecular weight excluding hydrogens is 416 g/mol. The molecule has 0 amide bonds. The van der Waals surface area contributed by atoms with Crippen molar-refractivity contribution >= 4 is 22.3 Å². The van der Waals surface area contributed by atoms with Crippen LogP contribution in [0.3, 0.4) is 0 Å². The number of aryl methyl sites for hydroxylation is 1. The summed E-state index contributed by atoms with van der Waals surface area (Å²) in [6.45, 7) is 2.12. The van der Waals surface area contributed by atoms with Crippen molar-refractivity contribution in [1.29, 1.82) is 0 Å². The number of ether oxygens (including phenoxy) is 3. The second kappa shape index (κ2) is 9.01. The monoisotopic (exact) mass is 436 g/mol. The Bertz CT molecular complexity index is 1280. The standard InChI is InChI=1S/C23H20N2O5S/c1-15-14-31-23-24-18(11-21(26)25(15)23)13-30-22(27)17-8-9-19(20(10-17)28-2)29-12-16-6-4-3-5-7-16/h3-11,14H,12-13H2,1-2H3. The summed E-state index contributed by atoms with van der Waals surface area (Å²) in [5.74, 6) is 0.408. The van der Waals surface area contributed by atoms with Crippen LogP contribution in [0.5, 0.6) is 11.5 Å². The van der Waals surface area contributed by atoms with Crippen LogP contribution >= 0.6 is 11.3 Å². The smallest absolute Gasteiger partial charge is 0.338 e. The van der Waals surface area contributed by atoms with Gasteiger partial charge in [-0.2, -0.15) is 0 Å². The van der Waals surface area contributed by atoms with Gasteiger partial charge >= 0.3 is 5.97 Å². The molecular formula is C23H20N2O5S. The zero-order chi connectivity index (χ0) is 21.8. The molecule has 2 aromatic heterocycles. The van der Waals surface area contributed by atoms with Gasteiger partial charge in [-0.25, -0.2) is 9.78 Å². The number of fused-ring (bicyclic) bond motifs is 1. The molecule has 0 aliphatic rings. The van der Waals surface area contributed by atoms with E-state index in [0.717, 1.165) is 11.3 Å². The fourth-order valence-electron chi connectivity index (χ4n) is 3.05. The van der Waals surface area contributed by atoms with Crippen molar-refractivity contribution in [2.24, 2.45) is 0 Å². The van der Waals surface area contributed by atoms with E-state index >= 15 is 0 Å². The van der Waals surface area contributed by atoms with Crippen molar-refractivity contribution in [2.45, 2.75) is 20.1 Å². The number of rotatable bonds is 7. The predicted molar refractivity (Wildman–Crippen MR) is 117 cm³/mol. The van der Waals surface area contributed by atoms with Crippen LogP contribution in [-0.4, -0.2) is 22.5 Å².